The average molecular weight is 462 g/mol. The first-order valence-electron chi connectivity index (χ1n) is 10.6. The van der Waals surface area contributed by atoms with E-state index in [1.54, 1.807) is 24.5 Å². The molecule has 2 saturated heterocycles. The van der Waals surface area contributed by atoms with Crippen LogP contribution < -0.4 is 5.32 Å². The lowest BCUT2D eigenvalue weighted by atomic mass is 9.69. The predicted octanol–water partition coefficient (Wildman–Crippen LogP) is 4.55. The number of halogens is 1. The largest absolute Gasteiger partial charge is 0.324 e. The topological polar surface area (TPSA) is 62.3 Å². The Morgan fingerprint density at radius 2 is 1.94 bits per heavy atom. The third-order valence-corrected chi connectivity index (χ3v) is 8.30. The third-order valence-electron chi connectivity index (χ3n) is 7.01. The summed E-state index contributed by atoms with van der Waals surface area (Å²) in [6.07, 6.45) is 3.26. The van der Waals surface area contributed by atoms with Gasteiger partial charge in [-0.1, -0.05) is 41.9 Å². The van der Waals surface area contributed by atoms with E-state index in [-0.39, 0.29) is 23.7 Å². The number of nitrogens with one attached hydrogen (secondary N) is 1. The second kappa shape index (κ2) is 7.44. The highest BCUT2D eigenvalue weighted by atomic mass is 35.5. The van der Waals surface area contributed by atoms with Crippen LogP contribution in [0.2, 0.25) is 5.02 Å². The van der Waals surface area contributed by atoms with Crippen molar-refractivity contribution in [1.29, 1.82) is 0 Å². The van der Waals surface area contributed by atoms with Gasteiger partial charge in [-0.25, -0.2) is 0 Å². The van der Waals surface area contributed by atoms with Gasteiger partial charge in [-0.2, -0.15) is 0 Å². The van der Waals surface area contributed by atoms with Gasteiger partial charge in [-0.05, 0) is 35.9 Å². The number of hydrogen-bond acceptors (Lipinski definition) is 5. The van der Waals surface area contributed by atoms with E-state index in [2.05, 4.69) is 15.2 Å². The van der Waals surface area contributed by atoms with Crippen molar-refractivity contribution in [3.63, 3.8) is 0 Å². The lowest BCUT2D eigenvalue weighted by Crippen LogP contribution is -2.52. The number of nitrogens with zero attached hydrogens (tertiary/aromatic N) is 2. The lowest BCUT2D eigenvalue weighted by Gasteiger charge is -2.36. The van der Waals surface area contributed by atoms with Crippen molar-refractivity contribution in [2.45, 2.75) is 17.5 Å². The Morgan fingerprint density at radius 1 is 1.12 bits per heavy atom. The first-order chi connectivity index (χ1) is 15.6. The summed E-state index contributed by atoms with van der Waals surface area (Å²) in [5.41, 5.74) is 2.18. The molecule has 0 unspecified atom stereocenters. The summed E-state index contributed by atoms with van der Waals surface area (Å²) < 4.78 is 0. The van der Waals surface area contributed by atoms with Gasteiger partial charge >= 0.3 is 0 Å². The van der Waals surface area contributed by atoms with E-state index in [1.165, 1.54) is 0 Å². The standard InChI is InChI=1S/C25H20ClN3O2S/c26-17-9-7-15(8-10-17)21-20-13-32-14-29(20)25(18-5-1-2-6-19(18)28-24(25)31)22(21)23(30)16-4-3-11-27-12-16/h1-12,20-22H,13-14H2,(H,28,31)/t20-,21+,22-,25-/m1/s1. The van der Waals surface area contributed by atoms with Crippen LogP contribution in [-0.2, 0) is 10.3 Å². The van der Waals surface area contributed by atoms with E-state index in [9.17, 15) is 9.59 Å². The molecule has 1 aromatic heterocycles. The fourth-order valence-electron chi connectivity index (χ4n) is 5.78. The van der Waals surface area contributed by atoms with Gasteiger partial charge in [0.1, 0.15) is 5.54 Å². The summed E-state index contributed by atoms with van der Waals surface area (Å²) in [6, 6.07) is 19.1. The summed E-state index contributed by atoms with van der Waals surface area (Å²) in [4.78, 5) is 34.4. The van der Waals surface area contributed by atoms with Crippen LogP contribution in [0.25, 0.3) is 0 Å². The Kier molecular flexibility index (Phi) is 4.64. The number of pyridine rings is 1. The van der Waals surface area contributed by atoms with Crippen molar-refractivity contribution in [2.75, 3.05) is 16.9 Å². The molecular weight excluding hydrogens is 442 g/mol. The first kappa shape index (κ1) is 20.0. The number of thioether (sulfide) groups is 1. The maximum Gasteiger partial charge on any atom is 0.250 e. The molecule has 7 heteroatoms. The summed E-state index contributed by atoms with van der Waals surface area (Å²) in [7, 11) is 0. The van der Waals surface area contributed by atoms with Gasteiger partial charge in [-0.3, -0.25) is 19.5 Å². The van der Waals surface area contributed by atoms with Crippen LogP contribution in [0.15, 0.2) is 73.1 Å². The summed E-state index contributed by atoms with van der Waals surface area (Å²) in [6.45, 7) is 0. The quantitative estimate of drug-likeness (QED) is 0.579. The molecule has 3 aliphatic heterocycles. The van der Waals surface area contributed by atoms with Gasteiger partial charge < -0.3 is 5.32 Å². The minimum atomic E-state index is -1.05. The Balaban J connectivity index is 1.62. The number of fused-ring (bicyclic) bond motifs is 4. The monoisotopic (exact) mass is 461 g/mol. The number of aromatic nitrogens is 1. The molecule has 2 fully saturated rings. The zero-order valence-corrected chi connectivity index (χ0v) is 18.6. The molecular formula is C25H20ClN3O2S. The van der Waals surface area contributed by atoms with E-state index in [0.717, 1.165) is 22.6 Å². The maximum atomic E-state index is 14.2. The molecule has 32 heavy (non-hydrogen) atoms. The van der Waals surface area contributed by atoms with Gasteiger partial charge in [0.05, 0.1) is 5.92 Å². The molecule has 4 atom stereocenters. The molecule has 6 rings (SSSR count). The van der Waals surface area contributed by atoms with E-state index < -0.39 is 11.5 Å². The molecule has 1 amide bonds. The van der Waals surface area contributed by atoms with Gasteiger partial charge in [0, 0.05) is 57.8 Å². The summed E-state index contributed by atoms with van der Waals surface area (Å²) in [5, 5.41) is 3.73. The molecule has 1 spiro atoms. The SMILES string of the molecule is O=C(c1cccnc1)[C@H]1[C@@H](c2ccc(Cl)cc2)[C@H]2CSCN2[C@@]12C(=O)Nc1ccccc12. The highest BCUT2D eigenvalue weighted by Gasteiger charge is 2.69. The van der Waals surface area contributed by atoms with Crippen LogP contribution in [0.4, 0.5) is 5.69 Å². The highest BCUT2D eigenvalue weighted by Crippen LogP contribution is 2.61. The Hall–Kier alpha value is -2.67. The van der Waals surface area contributed by atoms with Gasteiger partial charge in [-0.15, -0.1) is 11.8 Å². The normalized spacial score (nSPS) is 28.5. The molecule has 4 heterocycles. The molecule has 1 N–H and O–H groups in total. The van der Waals surface area contributed by atoms with Gasteiger partial charge in [0.25, 0.3) is 0 Å². The number of anilines is 1. The Bertz CT molecular complexity index is 1220. The van der Waals surface area contributed by atoms with Crippen LogP contribution in [-0.4, -0.2) is 39.2 Å². The minimum Gasteiger partial charge on any atom is -0.324 e. The van der Waals surface area contributed by atoms with Crippen LogP contribution in [0.5, 0.6) is 0 Å². The molecule has 3 aromatic rings. The molecule has 0 radical (unpaired) electrons. The smallest absolute Gasteiger partial charge is 0.250 e. The highest BCUT2D eigenvalue weighted by molar-refractivity contribution is 7.99. The molecule has 5 nitrogen and oxygen atoms in total. The number of carbonyl (C=O) groups excluding carboxylic acids is 2. The lowest BCUT2D eigenvalue weighted by molar-refractivity contribution is -0.127. The van der Waals surface area contributed by atoms with E-state index >= 15 is 0 Å². The zero-order chi connectivity index (χ0) is 21.9. The van der Waals surface area contributed by atoms with Crippen molar-refractivity contribution < 1.29 is 9.59 Å². The van der Waals surface area contributed by atoms with Crippen LogP contribution in [0.3, 0.4) is 0 Å². The number of rotatable bonds is 3. The number of hydrogen-bond donors (Lipinski definition) is 1. The fourth-order valence-corrected chi connectivity index (χ4v) is 7.23. The van der Waals surface area contributed by atoms with Crippen molar-refractivity contribution in [2.24, 2.45) is 5.92 Å². The van der Waals surface area contributed by atoms with Crippen LogP contribution >= 0.6 is 23.4 Å². The van der Waals surface area contributed by atoms with Gasteiger partial charge in [0.15, 0.2) is 5.78 Å². The molecule has 2 aromatic carbocycles. The Labute approximate surface area is 195 Å². The van der Waals surface area contributed by atoms with E-state index in [0.29, 0.717) is 16.5 Å². The number of Topliss-reactive ketones (excluding diaryl/α,β-unsaturated/α-hetero) is 1. The van der Waals surface area contributed by atoms with Gasteiger partial charge in [0.2, 0.25) is 5.91 Å². The van der Waals surface area contributed by atoms with Crippen molar-refractivity contribution >= 4 is 40.7 Å². The van der Waals surface area contributed by atoms with Crippen molar-refractivity contribution in [3.05, 3.63) is 94.8 Å². The number of amides is 1. The van der Waals surface area contributed by atoms with Crippen LogP contribution in [0.1, 0.15) is 27.4 Å². The molecule has 0 aliphatic carbocycles. The number of ketones is 1. The first-order valence-corrected chi connectivity index (χ1v) is 12.1. The second-order valence-corrected chi connectivity index (χ2v) is 9.90. The predicted molar refractivity (Wildman–Crippen MR) is 126 cm³/mol. The fraction of sp³-hybridized carbons (Fsp3) is 0.240. The molecule has 0 saturated carbocycles. The maximum absolute atomic E-state index is 14.2. The summed E-state index contributed by atoms with van der Waals surface area (Å²) >= 11 is 7.99. The molecule has 0 bridgehead atoms. The number of carbonyl (C=O) groups is 2. The zero-order valence-electron chi connectivity index (χ0n) is 17.1. The number of para-hydroxylation sites is 1. The number of benzene rings is 2. The van der Waals surface area contributed by atoms with Crippen LogP contribution in [0, 0.1) is 5.92 Å². The minimum absolute atomic E-state index is 0.0516. The molecule has 3 aliphatic rings. The Morgan fingerprint density at radius 3 is 2.72 bits per heavy atom. The summed E-state index contributed by atoms with van der Waals surface area (Å²) in [5.74, 6) is 0.665. The average Bonchev–Trinajstić information content (AvgIpc) is 3.48. The van der Waals surface area contributed by atoms with Crippen molar-refractivity contribution in [3.8, 4) is 0 Å². The van der Waals surface area contributed by atoms with E-state index in [1.807, 2.05) is 60.3 Å². The third kappa shape index (κ3) is 2.66. The van der Waals surface area contributed by atoms with E-state index in [4.69, 9.17) is 11.6 Å². The molecule has 160 valence electrons. The van der Waals surface area contributed by atoms with Crippen molar-refractivity contribution in [1.82, 2.24) is 9.88 Å². The second-order valence-electron chi connectivity index (χ2n) is 8.46.